The smallest absolute Gasteiger partial charge is 0.0827 e. The Labute approximate surface area is 63.0 Å². The van der Waals surface area contributed by atoms with Crippen molar-refractivity contribution in [3.8, 4) is 0 Å². The van der Waals surface area contributed by atoms with Crippen molar-refractivity contribution >= 4 is 0 Å². The monoisotopic (exact) mass is 143 g/mol. The lowest BCUT2D eigenvalue weighted by atomic mass is 10.2. The van der Waals surface area contributed by atoms with Gasteiger partial charge in [0.2, 0.25) is 0 Å². The molecule has 0 radical (unpaired) electrons. The van der Waals surface area contributed by atoms with E-state index in [0.29, 0.717) is 12.2 Å². The topological polar surface area (TPSA) is 21.3 Å². The average Bonchev–Trinajstić information content (AvgIpc) is 1.80. The second-order valence-corrected chi connectivity index (χ2v) is 3.02. The van der Waals surface area contributed by atoms with E-state index in [1.165, 1.54) is 12.8 Å². The van der Waals surface area contributed by atoms with Crippen LogP contribution in [0.4, 0.5) is 0 Å². The van der Waals surface area contributed by atoms with Gasteiger partial charge in [0.1, 0.15) is 0 Å². The molecule has 1 rings (SSSR count). The molecule has 0 saturated carbocycles. The highest BCUT2D eigenvalue weighted by Gasteiger charge is 2.18. The summed E-state index contributed by atoms with van der Waals surface area (Å²) in [4.78, 5) is 0. The van der Waals surface area contributed by atoms with E-state index in [4.69, 9.17) is 4.74 Å². The molecule has 1 N–H and O–H groups in total. The zero-order valence-corrected chi connectivity index (χ0v) is 6.89. The molecule has 0 amide bonds. The number of nitrogens with one attached hydrogen (secondary N) is 1. The number of hydrogen-bond donors (Lipinski definition) is 1. The van der Waals surface area contributed by atoms with Crippen molar-refractivity contribution < 1.29 is 4.74 Å². The fraction of sp³-hybridized carbons (Fsp3) is 1.00. The van der Waals surface area contributed by atoms with Crippen LogP contribution in [0.5, 0.6) is 0 Å². The van der Waals surface area contributed by atoms with Crippen molar-refractivity contribution in [2.75, 3.05) is 13.1 Å². The average molecular weight is 143 g/mol. The summed E-state index contributed by atoms with van der Waals surface area (Å²) >= 11 is 0. The van der Waals surface area contributed by atoms with Crippen LogP contribution in [0.2, 0.25) is 0 Å². The number of hydrogen-bond acceptors (Lipinski definition) is 2. The minimum absolute atomic E-state index is 0.456. The Kier molecular flexibility index (Phi) is 3.16. The molecule has 0 aliphatic carbocycles. The van der Waals surface area contributed by atoms with Crippen LogP contribution in [-0.2, 0) is 4.74 Å². The van der Waals surface area contributed by atoms with Crippen molar-refractivity contribution in [3.05, 3.63) is 0 Å². The molecule has 1 atom stereocenters. The first kappa shape index (κ1) is 8.02. The lowest BCUT2D eigenvalue weighted by molar-refractivity contribution is -0.0321. The van der Waals surface area contributed by atoms with Gasteiger partial charge < -0.3 is 10.1 Å². The summed E-state index contributed by atoms with van der Waals surface area (Å²) in [7, 11) is 0. The van der Waals surface area contributed by atoms with Gasteiger partial charge in [-0.1, -0.05) is 13.3 Å². The van der Waals surface area contributed by atoms with Crippen molar-refractivity contribution in [1.29, 1.82) is 0 Å². The van der Waals surface area contributed by atoms with E-state index in [0.717, 1.165) is 13.1 Å². The van der Waals surface area contributed by atoms with Gasteiger partial charge in [-0.05, 0) is 13.3 Å². The minimum Gasteiger partial charge on any atom is -0.373 e. The van der Waals surface area contributed by atoms with E-state index in [2.05, 4.69) is 19.2 Å². The molecule has 1 unspecified atom stereocenters. The molecular weight excluding hydrogens is 126 g/mol. The first-order valence-electron chi connectivity index (χ1n) is 4.19. The molecule has 1 saturated heterocycles. The Morgan fingerprint density at radius 3 is 2.70 bits per heavy atom. The second-order valence-electron chi connectivity index (χ2n) is 3.02. The predicted molar refractivity (Wildman–Crippen MR) is 42.1 cm³/mol. The maximum atomic E-state index is 5.66. The Morgan fingerprint density at radius 1 is 1.60 bits per heavy atom. The Hall–Kier alpha value is -0.0800. The molecule has 0 aromatic carbocycles. The maximum absolute atomic E-state index is 5.66. The molecule has 1 heterocycles. The van der Waals surface area contributed by atoms with Crippen molar-refractivity contribution in [1.82, 2.24) is 5.32 Å². The summed E-state index contributed by atoms with van der Waals surface area (Å²) in [5.74, 6) is 0. The molecule has 2 heteroatoms. The highest BCUT2D eigenvalue weighted by Crippen LogP contribution is 2.07. The standard InChI is InChI=1S/C8H17NO/c1-3-4-7(2)10-8-5-9-6-8/h7-9H,3-6H2,1-2H3. The Balaban J connectivity index is 1.99. The van der Waals surface area contributed by atoms with Crippen LogP contribution in [0.25, 0.3) is 0 Å². The molecule has 60 valence electrons. The first-order chi connectivity index (χ1) is 4.83. The van der Waals surface area contributed by atoms with Crippen LogP contribution >= 0.6 is 0 Å². The fourth-order valence-corrected chi connectivity index (χ4v) is 1.16. The van der Waals surface area contributed by atoms with Crippen LogP contribution in [0.15, 0.2) is 0 Å². The first-order valence-corrected chi connectivity index (χ1v) is 4.19. The largest absolute Gasteiger partial charge is 0.373 e. The normalized spacial score (nSPS) is 22.2. The fourth-order valence-electron chi connectivity index (χ4n) is 1.16. The molecule has 1 aliphatic heterocycles. The summed E-state index contributed by atoms with van der Waals surface area (Å²) in [6.45, 7) is 6.45. The van der Waals surface area contributed by atoms with Crippen molar-refractivity contribution in [3.63, 3.8) is 0 Å². The van der Waals surface area contributed by atoms with Gasteiger partial charge in [0, 0.05) is 13.1 Å². The van der Waals surface area contributed by atoms with E-state index in [1.807, 2.05) is 0 Å². The number of rotatable bonds is 4. The minimum atomic E-state index is 0.456. The quantitative estimate of drug-likeness (QED) is 0.637. The lowest BCUT2D eigenvalue weighted by Crippen LogP contribution is -2.49. The SMILES string of the molecule is CCCC(C)OC1CNC1. The highest BCUT2D eigenvalue weighted by atomic mass is 16.5. The summed E-state index contributed by atoms with van der Waals surface area (Å²) < 4.78 is 5.66. The molecule has 1 aliphatic rings. The van der Waals surface area contributed by atoms with Gasteiger partial charge in [-0.2, -0.15) is 0 Å². The molecule has 0 aromatic heterocycles. The van der Waals surface area contributed by atoms with E-state index in [-0.39, 0.29) is 0 Å². The Morgan fingerprint density at radius 2 is 2.30 bits per heavy atom. The van der Waals surface area contributed by atoms with Gasteiger partial charge in [0.25, 0.3) is 0 Å². The molecule has 0 aromatic rings. The van der Waals surface area contributed by atoms with Crippen LogP contribution < -0.4 is 5.32 Å². The van der Waals surface area contributed by atoms with Gasteiger partial charge >= 0.3 is 0 Å². The summed E-state index contributed by atoms with van der Waals surface area (Å²) in [6.07, 6.45) is 3.37. The van der Waals surface area contributed by atoms with E-state index >= 15 is 0 Å². The van der Waals surface area contributed by atoms with Gasteiger partial charge in [0.15, 0.2) is 0 Å². The zero-order chi connectivity index (χ0) is 7.40. The van der Waals surface area contributed by atoms with E-state index in [1.54, 1.807) is 0 Å². The summed E-state index contributed by atoms with van der Waals surface area (Å²) in [6, 6.07) is 0. The highest BCUT2D eigenvalue weighted by molar-refractivity contribution is 4.75. The lowest BCUT2D eigenvalue weighted by Gasteiger charge is -2.30. The molecule has 2 nitrogen and oxygen atoms in total. The molecule has 10 heavy (non-hydrogen) atoms. The summed E-state index contributed by atoms with van der Waals surface area (Å²) in [5, 5.41) is 3.18. The predicted octanol–water partition coefficient (Wildman–Crippen LogP) is 1.16. The molecule has 0 bridgehead atoms. The third-order valence-corrected chi connectivity index (χ3v) is 1.86. The third-order valence-electron chi connectivity index (χ3n) is 1.86. The maximum Gasteiger partial charge on any atom is 0.0827 e. The summed E-state index contributed by atoms with van der Waals surface area (Å²) in [5.41, 5.74) is 0. The second kappa shape index (κ2) is 3.94. The van der Waals surface area contributed by atoms with E-state index < -0.39 is 0 Å². The Bertz CT molecular complexity index is 91.3. The number of ether oxygens (including phenoxy) is 1. The van der Waals surface area contributed by atoms with Gasteiger partial charge in [0.05, 0.1) is 12.2 Å². The molecular formula is C8H17NO. The van der Waals surface area contributed by atoms with Crippen LogP contribution in [0.3, 0.4) is 0 Å². The van der Waals surface area contributed by atoms with Crippen LogP contribution in [-0.4, -0.2) is 25.3 Å². The third kappa shape index (κ3) is 2.27. The molecule has 1 fully saturated rings. The van der Waals surface area contributed by atoms with Crippen molar-refractivity contribution in [2.45, 2.75) is 38.9 Å². The zero-order valence-electron chi connectivity index (χ0n) is 6.89. The van der Waals surface area contributed by atoms with Crippen LogP contribution in [0.1, 0.15) is 26.7 Å². The van der Waals surface area contributed by atoms with Gasteiger partial charge in [-0.15, -0.1) is 0 Å². The van der Waals surface area contributed by atoms with Crippen LogP contribution in [0, 0.1) is 0 Å². The van der Waals surface area contributed by atoms with Gasteiger partial charge in [-0.25, -0.2) is 0 Å². The van der Waals surface area contributed by atoms with Crippen molar-refractivity contribution in [2.24, 2.45) is 0 Å². The molecule has 0 spiro atoms. The van der Waals surface area contributed by atoms with E-state index in [9.17, 15) is 0 Å². The van der Waals surface area contributed by atoms with Gasteiger partial charge in [-0.3, -0.25) is 0 Å².